The highest BCUT2D eigenvalue weighted by molar-refractivity contribution is 5.88. The van der Waals surface area contributed by atoms with Crippen molar-refractivity contribution in [1.29, 1.82) is 0 Å². The molecule has 154 valence electrons. The molecule has 2 amide bonds. The van der Waals surface area contributed by atoms with E-state index in [-0.39, 0.29) is 24.8 Å². The van der Waals surface area contributed by atoms with E-state index in [1.54, 1.807) is 7.11 Å². The average molecular weight is 390 g/mol. The fraction of sp³-hybridized carbons (Fsp3) is 0.600. The summed E-state index contributed by atoms with van der Waals surface area (Å²) in [4.78, 5) is 31.4. The number of amides is 2. The lowest BCUT2D eigenvalue weighted by atomic mass is 10.1. The Labute approximate surface area is 166 Å². The molecular formula is C20H30N4O4. The zero-order valence-electron chi connectivity index (χ0n) is 16.5. The van der Waals surface area contributed by atoms with Gasteiger partial charge in [0, 0.05) is 57.9 Å². The predicted molar refractivity (Wildman–Crippen MR) is 105 cm³/mol. The molecule has 8 nitrogen and oxygen atoms in total. The maximum atomic E-state index is 12.8. The molecule has 2 heterocycles. The van der Waals surface area contributed by atoms with Crippen molar-refractivity contribution in [2.45, 2.75) is 19.0 Å². The number of hydrogen-bond donors (Lipinski definition) is 2. The summed E-state index contributed by atoms with van der Waals surface area (Å²) in [7, 11) is 1.64. The summed E-state index contributed by atoms with van der Waals surface area (Å²) in [6.07, 6.45) is 0.182. The number of nitrogens with zero attached hydrogens (tertiary/aromatic N) is 3. The monoisotopic (exact) mass is 390 g/mol. The topological polar surface area (TPSA) is 85.4 Å². The number of methoxy groups -OCH3 is 1. The van der Waals surface area contributed by atoms with Crippen LogP contribution in [0.1, 0.15) is 12.0 Å². The van der Waals surface area contributed by atoms with Crippen LogP contribution in [-0.4, -0.2) is 97.2 Å². The molecular weight excluding hydrogens is 360 g/mol. The van der Waals surface area contributed by atoms with E-state index in [0.29, 0.717) is 39.3 Å². The number of carbonyl (C=O) groups excluding carboxylic acids is 2. The van der Waals surface area contributed by atoms with E-state index in [1.807, 2.05) is 29.2 Å². The molecule has 8 heteroatoms. The summed E-state index contributed by atoms with van der Waals surface area (Å²) in [6, 6.07) is 7.30. The number of piperazine rings is 2. The highest BCUT2D eigenvalue weighted by atomic mass is 16.5. The highest BCUT2D eigenvalue weighted by Gasteiger charge is 2.34. The maximum Gasteiger partial charge on any atom is 0.237 e. The van der Waals surface area contributed by atoms with Gasteiger partial charge in [0.25, 0.3) is 0 Å². The number of hydrogen-bond acceptors (Lipinski definition) is 6. The van der Waals surface area contributed by atoms with Crippen LogP contribution in [0.4, 0.5) is 0 Å². The number of nitrogens with one attached hydrogen (secondary N) is 1. The third-order valence-electron chi connectivity index (χ3n) is 5.52. The Morgan fingerprint density at radius 3 is 2.68 bits per heavy atom. The van der Waals surface area contributed by atoms with Crippen LogP contribution in [0.5, 0.6) is 5.75 Å². The number of aliphatic hydroxyl groups excluding tert-OH is 1. The summed E-state index contributed by atoms with van der Waals surface area (Å²) >= 11 is 0. The molecule has 1 aromatic rings. The first-order valence-corrected chi connectivity index (χ1v) is 9.87. The molecule has 2 fully saturated rings. The molecule has 2 aliphatic heterocycles. The van der Waals surface area contributed by atoms with Gasteiger partial charge in [0.1, 0.15) is 5.75 Å². The van der Waals surface area contributed by atoms with Gasteiger partial charge >= 0.3 is 0 Å². The van der Waals surface area contributed by atoms with Gasteiger partial charge in [0.05, 0.1) is 26.2 Å². The summed E-state index contributed by atoms with van der Waals surface area (Å²) in [6.45, 7) is 5.42. The van der Waals surface area contributed by atoms with Gasteiger partial charge in [-0.25, -0.2) is 0 Å². The van der Waals surface area contributed by atoms with Crippen LogP contribution in [0, 0.1) is 0 Å². The smallest absolute Gasteiger partial charge is 0.237 e. The fourth-order valence-corrected chi connectivity index (χ4v) is 3.88. The van der Waals surface area contributed by atoms with Gasteiger partial charge in [0.2, 0.25) is 11.8 Å². The summed E-state index contributed by atoms with van der Waals surface area (Å²) in [5.41, 5.74) is 1.01. The van der Waals surface area contributed by atoms with Crippen LogP contribution >= 0.6 is 0 Å². The molecule has 0 bridgehead atoms. The standard InChI is InChI=1S/C20H30N4O4/c1-28-18-5-3-2-4-16(18)15-24-7-6-21-20(27)17(24)14-19(26)23-10-8-22(9-11-23)12-13-25/h2-5,17,25H,6-15H2,1H3,(H,21,27)/t17-/m1/s1. The Morgan fingerprint density at radius 1 is 1.21 bits per heavy atom. The fourth-order valence-electron chi connectivity index (χ4n) is 3.88. The molecule has 1 atom stereocenters. The van der Waals surface area contributed by atoms with Crippen molar-refractivity contribution in [1.82, 2.24) is 20.0 Å². The SMILES string of the molecule is COc1ccccc1CN1CCNC(=O)[C@H]1CC(=O)N1CCN(CCO)CC1. The molecule has 0 saturated carbocycles. The number of ether oxygens (including phenoxy) is 1. The third-order valence-corrected chi connectivity index (χ3v) is 5.52. The highest BCUT2D eigenvalue weighted by Crippen LogP contribution is 2.22. The Kier molecular flexibility index (Phi) is 7.24. The summed E-state index contributed by atoms with van der Waals surface area (Å²) < 4.78 is 5.43. The average Bonchev–Trinajstić information content (AvgIpc) is 2.71. The van der Waals surface area contributed by atoms with Gasteiger partial charge in [-0.1, -0.05) is 18.2 Å². The maximum absolute atomic E-state index is 12.8. The van der Waals surface area contributed by atoms with E-state index in [2.05, 4.69) is 15.1 Å². The Morgan fingerprint density at radius 2 is 1.96 bits per heavy atom. The second kappa shape index (κ2) is 9.86. The minimum absolute atomic E-state index is 0.00993. The minimum atomic E-state index is -0.471. The molecule has 0 aromatic heterocycles. The first-order chi connectivity index (χ1) is 13.6. The molecule has 0 aliphatic carbocycles. The van der Waals surface area contributed by atoms with Gasteiger partial charge in [-0.3, -0.25) is 19.4 Å². The van der Waals surface area contributed by atoms with Crippen molar-refractivity contribution in [3.63, 3.8) is 0 Å². The van der Waals surface area contributed by atoms with Crippen molar-refractivity contribution in [3.8, 4) is 5.75 Å². The molecule has 0 spiro atoms. The summed E-state index contributed by atoms with van der Waals surface area (Å²) in [5.74, 6) is 0.711. The number of carbonyl (C=O) groups is 2. The van der Waals surface area contributed by atoms with Crippen LogP contribution < -0.4 is 10.1 Å². The summed E-state index contributed by atoms with van der Waals surface area (Å²) in [5, 5.41) is 11.9. The molecule has 2 N–H and O–H groups in total. The first kappa shape index (κ1) is 20.6. The van der Waals surface area contributed by atoms with E-state index >= 15 is 0 Å². The lowest BCUT2D eigenvalue weighted by Gasteiger charge is -2.38. The van der Waals surface area contributed by atoms with Crippen molar-refractivity contribution >= 4 is 11.8 Å². The number of aliphatic hydroxyl groups is 1. The number of benzene rings is 1. The lowest BCUT2D eigenvalue weighted by Crippen LogP contribution is -2.57. The Bertz CT molecular complexity index is 676. The van der Waals surface area contributed by atoms with Gasteiger partial charge in [-0.15, -0.1) is 0 Å². The van der Waals surface area contributed by atoms with Gasteiger partial charge in [-0.2, -0.15) is 0 Å². The predicted octanol–water partition coefficient (Wildman–Crippen LogP) is -0.478. The van der Waals surface area contributed by atoms with Crippen molar-refractivity contribution in [2.75, 3.05) is 59.5 Å². The molecule has 0 radical (unpaired) electrons. The lowest BCUT2D eigenvalue weighted by molar-refractivity contribution is -0.140. The van der Waals surface area contributed by atoms with Crippen LogP contribution in [-0.2, 0) is 16.1 Å². The van der Waals surface area contributed by atoms with Gasteiger partial charge < -0.3 is 20.1 Å². The molecule has 28 heavy (non-hydrogen) atoms. The zero-order valence-corrected chi connectivity index (χ0v) is 16.5. The zero-order chi connectivity index (χ0) is 19.9. The minimum Gasteiger partial charge on any atom is -0.496 e. The van der Waals surface area contributed by atoms with Crippen molar-refractivity contribution in [2.24, 2.45) is 0 Å². The van der Waals surface area contributed by atoms with E-state index in [0.717, 1.165) is 24.4 Å². The number of para-hydroxylation sites is 1. The molecule has 1 aromatic carbocycles. The molecule has 3 rings (SSSR count). The van der Waals surface area contributed by atoms with E-state index in [1.165, 1.54) is 0 Å². The van der Waals surface area contributed by atoms with Gasteiger partial charge in [0.15, 0.2) is 0 Å². The first-order valence-electron chi connectivity index (χ1n) is 9.87. The molecule has 2 aliphatic rings. The third kappa shape index (κ3) is 5.01. The normalized spacial score (nSPS) is 21.4. The molecule has 2 saturated heterocycles. The second-order valence-electron chi connectivity index (χ2n) is 7.24. The largest absolute Gasteiger partial charge is 0.496 e. The van der Waals surface area contributed by atoms with Crippen LogP contribution in [0.3, 0.4) is 0 Å². The van der Waals surface area contributed by atoms with E-state index in [4.69, 9.17) is 9.84 Å². The molecule has 0 unspecified atom stereocenters. The Balaban J connectivity index is 1.63. The quantitative estimate of drug-likeness (QED) is 0.654. The van der Waals surface area contributed by atoms with Crippen molar-refractivity contribution < 1.29 is 19.4 Å². The number of rotatable bonds is 7. The number of β-amino-alcohol motifs (C(OH)–C–C–N with tert-alkyl or cyclic N) is 1. The second-order valence-corrected chi connectivity index (χ2v) is 7.24. The van der Waals surface area contributed by atoms with Crippen molar-refractivity contribution in [3.05, 3.63) is 29.8 Å². The van der Waals surface area contributed by atoms with E-state index in [9.17, 15) is 9.59 Å². The van der Waals surface area contributed by atoms with Crippen LogP contribution in [0.15, 0.2) is 24.3 Å². The Hall–Kier alpha value is -2.16. The van der Waals surface area contributed by atoms with Crippen LogP contribution in [0.2, 0.25) is 0 Å². The van der Waals surface area contributed by atoms with Gasteiger partial charge in [-0.05, 0) is 6.07 Å². The van der Waals surface area contributed by atoms with E-state index < -0.39 is 6.04 Å². The van der Waals surface area contributed by atoms with Crippen LogP contribution in [0.25, 0.3) is 0 Å².